The average molecular weight is 434 g/mol. The highest BCUT2D eigenvalue weighted by Gasteiger charge is 2.15. The second-order valence-corrected chi connectivity index (χ2v) is 7.30. The van der Waals surface area contributed by atoms with Crippen LogP contribution in [0.4, 0.5) is 0 Å². The quantitative estimate of drug-likeness (QED) is 0.571. The molecule has 8 nitrogen and oxygen atoms in total. The maximum atomic E-state index is 12.5. The van der Waals surface area contributed by atoms with Crippen molar-refractivity contribution in [3.63, 3.8) is 0 Å². The molecule has 0 radical (unpaired) electrons. The van der Waals surface area contributed by atoms with E-state index >= 15 is 0 Å². The number of carbonyl (C=O) groups is 1. The Morgan fingerprint density at radius 3 is 2.50 bits per heavy atom. The molecule has 8 heteroatoms. The van der Waals surface area contributed by atoms with Crippen LogP contribution in [-0.2, 0) is 4.74 Å². The van der Waals surface area contributed by atoms with Gasteiger partial charge in [-0.2, -0.15) is 0 Å². The summed E-state index contributed by atoms with van der Waals surface area (Å²) < 4.78 is 16.5. The lowest BCUT2D eigenvalue weighted by molar-refractivity contribution is 0.0660. The van der Waals surface area contributed by atoms with Crippen molar-refractivity contribution in [3.8, 4) is 11.5 Å². The topological polar surface area (TPSA) is 94.9 Å². The van der Waals surface area contributed by atoms with Crippen molar-refractivity contribution < 1.29 is 19.0 Å². The summed E-state index contributed by atoms with van der Waals surface area (Å²) in [5, 5.41) is 4.38. The number of aliphatic imine (C=N–C) groups is 1. The van der Waals surface area contributed by atoms with E-state index < -0.39 is 5.97 Å². The predicted molar refractivity (Wildman–Crippen MR) is 122 cm³/mol. The lowest BCUT2D eigenvalue weighted by atomic mass is 10.2. The summed E-state index contributed by atoms with van der Waals surface area (Å²) in [7, 11) is 1.50. The number of aryl methyl sites for hydroxylation is 2. The molecule has 2 aromatic rings. The number of methoxy groups -OCH3 is 1. The van der Waals surface area contributed by atoms with E-state index in [1.165, 1.54) is 19.6 Å². The van der Waals surface area contributed by atoms with Crippen LogP contribution < -0.4 is 25.5 Å². The van der Waals surface area contributed by atoms with Gasteiger partial charge in [0.1, 0.15) is 17.9 Å². The van der Waals surface area contributed by atoms with E-state index in [9.17, 15) is 4.79 Å². The Labute approximate surface area is 186 Å². The molecule has 0 unspecified atom stereocenters. The summed E-state index contributed by atoms with van der Waals surface area (Å²) in [5.41, 5.74) is 4.88. The minimum atomic E-state index is -0.534. The van der Waals surface area contributed by atoms with Crippen LogP contribution in [0.3, 0.4) is 0 Å². The lowest BCUT2D eigenvalue weighted by Crippen LogP contribution is -2.25. The standard InChI is InChI=1S/C24H26N4O4/c1-13-15(3)27-20(17(5)25-13)11-31-22-9-8-19(10-23(22)30-7)24(29)32-12-21-18(6)26-14(2)16(4)28-21/h8-12,28H,1H2,2-7H3. The Bertz CT molecular complexity index is 1280. The first kappa shape index (κ1) is 22.7. The first-order valence-corrected chi connectivity index (χ1v) is 9.96. The Morgan fingerprint density at radius 2 is 1.78 bits per heavy atom. The number of carbonyl (C=O) groups excluding carboxylic acids is 1. The molecule has 1 N–H and O–H groups in total. The molecule has 0 atom stereocenters. The number of nitrogens with zero attached hydrogens (tertiary/aromatic N) is 3. The van der Waals surface area contributed by atoms with Crippen LogP contribution in [-0.4, -0.2) is 28.8 Å². The Hall–Kier alpha value is -3.94. The molecular weight excluding hydrogens is 408 g/mol. The van der Waals surface area contributed by atoms with Crippen molar-refractivity contribution in [2.45, 2.75) is 34.6 Å². The van der Waals surface area contributed by atoms with E-state index in [0.717, 1.165) is 22.8 Å². The van der Waals surface area contributed by atoms with Gasteiger partial charge in [0.05, 0.1) is 46.5 Å². The summed E-state index contributed by atoms with van der Waals surface area (Å²) in [6.07, 6.45) is 2.85. The normalized spacial score (nSPS) is 15.4. The molecule has 1 aliphatic heterocycles. The summed E-state index contributed by atoms with van der Waals surface area (Å²) in [6.45, 7) is 13.2. The molecule has 0 bridgehead atoms. The van der Waals surface area contributed by atoms with Gasteiger partial charge in [0, 0.05) is 5.70 Å². The second kappa shape index (κ2) is 9.47. The fourth-order valence-electron chi connectivity index (χ4n) is 2.86. The fourth-order valence-corrected chi connectivity index (χ4v) is 2.86. The smallest absolute Gasteiger partial charge is 0.343 e. The van der Waals surface area contributed by atoms with Gasteiger partial charge in [0.15, 0.2) is 11.5 Å². The number of benzene rings is 1. The number of hydrogen-bond acceptors (Lipinski definition) is 8. The van der Waals surface area contributed by atoms with Crippen LogP contribution >= 0.6 is 0 Å². The molecule has 166 valence electrons. The summed E-state index contributed by atoms with van der Waals surface area (Å²) in [5.74, 6) is 0.267. The molecule has 2 heterocycles. The number of esters is 1. The molecule has 0 amide bonds. The zero-order valence-corrected chi connectivity index (χ0v) is 19.1. The molecule has 32 heavy (non-hydrogen) atoms. The molecule has 0 saturated carbocycles. The van der Waals surface area contributed by atoms with E-state index in [0.29, 0.717) is 39.2 Å². The van der Waals surface area contributed by atoms with Crippen LogP contribution in [0.15, 0.2) is 46.5 Å². The number of rotatable bonds is 5. The highest BCUT2D eigenvalue weighted by Crippen LogP contribution is 2.28. The largest absolute Gasteiger partial charge is 0.493 e. The third kappa shape index (κ3) is 5.03. The molecule has 3 rings (SSSR count). The average Bonchev–Trinajstić information content (AvgIpc) is 2.76. The third-order valence-corrected chi connectivity index (χ3v) is 4.95. The fraction of sp³-hybridized carbons (Fsp3) is 0.250. The predicted octanol–water partition coefficient (Wildman–Crippen LogP) is 2.64. The van der Waals surface area contributed by atoms with Crippen molar-refractivity contribution in [2.75, 3.05) is 7.11 Å². The highest BCUT2D eigenvalue weighted by molar-refractivity contribution is 5.99. The zero-order valence-electron chi connectivity index (χ0n) is 19.1. The Balaban J connectivity index is 1.78. The van der Waals surface area contributed by atoms with Crippen LogP contribution in [0, 0.1) is 13.8 Å². The van der Waals surface area contributed by atoms with E-state index in [1.807, 2.05) is 34.6 Å². The van der Waals surface area contributed by atoms with Gasteiger partial charge in [0.25, 0.3) is 0 Å². The van der Waals surface area contributed by atoms with E-state index in [4.69, 9.17) is 14.2 Å². The van der Waals surface area contributed by atoms with Crippen LogP contribution in [0.2, 0.25) is 0 Å². The molecule has 1 aliphatic rings. The van der Waals surface area contributed by atoms with Crippen LogP contribution in [0.5, 0.6) is 11.5 Å². The molecule has 0 saturated heterocycles. The Kier molecular flexibility index (Phi) is 6.73. The number of nitrogens with one attached hydrogen (secondary N) is 1. The first-order chi connectivity index (χ1) is 15.2. The van der Waals surface area contributed by atoms with Gasteiger partial charge in [0.2, 0.25) is 0 Å². The van der Waals surface area contributed by atoms with Gasteiger partial charge in [-0.05, 0) is 52.8 Å². The second-order valence-electron chi connectivity index (χ2n) is 7.30. The lowest BCUT2D eigenvalue weighted by Gasteiger charge is -2.17. The van der Waals surface area contributed by atoms with Crippen molar-refractivity contribution in [2.24, 2.45) is 4.99 Å². The summed E-state index contributed by atoms with van der Waals surface area (Å²) >= 11 is 0. The van der Waals surface area contributed by atoms with Crippen molar-refractivity contribution in [3.05, 3.63) is 69.2 Å². The molecule has 1 aromatic heterocycles. The Morgan fingerprint density at radius 1 is 1.03 bits per heavy atom. The molecule has 0 aliphatic carbocycles. The maximum Gasteiger partial charge on any atom is 0.343 e. The van der Waals surface area contributed by atoms with Crippen molar-refractivity contribution >= 4 is 24.5 Å². The van der Waals surface area contributed by atoms with Gasteiger partial charge < -0.3 is 19.5 Å². The third-order valence-electron chi connectivity index (χ3n) is 4.95. The van der Waals surface area contributed by atoms with Gasteiger partial charge in [-0.3, -0.25) is 9.98 Å². The minimum absolute atomic E-state index is 0.313. The van der Waals surface area contributed by atoms with E-state index in [1.54, 1.807) is 18.2 Å². The molecule has 1 aromatic carbocycles. The van der Waals surface area contributed by atoms with Gasteiger partial charge >= 0.3 is 5.97 Å². The number of aromatic nitrogens is 2. The van der Waals surface area contributed by atoms with Gasteiger partial charge in [-0.15, -0.1) is 0 Å². The summed E-state index contributed by atoms with van der Waals surface area (Å²) in [4.78, 5) is 25.7. The first-order valence-electron chi connectivity index (χ1n) is 9.96. The van der Waals surface area contributed by atoms with Gasteiger partial charge in [-0.1, -0.05) is 6.58 Å². The minimum Gasteiger partial charge on any atom is -0.493 e. The molecule has 0 fully saturated rings. The number of hydrogen-bond donors (Lipinski definition) is 1. The zero-order chi connectivity index (χ0) is 23.4. The SMILES string of the molecule is C=c1nc(C)c(=COc2ccc(C(=O)OC=C3NC(C)=C(C)N=C3C)cc2OC)nc1C. The summed E-state index contributed by atoms with van der Waals surface area (Å²) in [6, 6.07) is 4.78. The molecular formula is C24H26N4O4. The van der Waals surface area contributed by atoms with E-state index in [2.05, 4.69) is 26.9 Å². The van der Waals surface area contributed by atoms with Gasteiger partial charge in [-0.25, -0.2) is 9.78 Å². The molecule has 0 spiro atoms. The highest BCUT2D eigenvalue weighted by atomic mass is 16.5. The van der Waals surface area contributed by atoms with Crippen molar-refractivity contribution in [1.29, 1.82) is 0 Å². The van der Waals surface area contributed by atoms with Crippen LogP contribution in [0.1, 0.15) is 42.5 Å². The number of ether oxygens (including phenoxy) is 3. The maximum absolute atomic E-state index is 12.5. The van der Waals surface area contributed by atoms with E-state index in [-0.39, 0.29) is 0 Å². The number of allylic oxidation sites excluding steroid dienone is 3. The monoisotopic (exact) mass is 434 g/mol. The van der Waals surface area contributed by atoms with Crippen molar-refractivity contribution in [1.82, 2.24) is 15.3 Å². The van der Waals surface area contributed by atoms with Crippen LogP contribution in [0.25, 0.3) is 12.8 Å².